The first kappa shape index (κ1) is 70.8. The van der Waals surface area contributed by atoms with Crippen molar-refractivity contribution in [2.24, 2.45) is 0 Å². The second-order valence-corrected chi connectivity index (χ2v) is 21.4. The Hall–Kier alpha value is -2.51. The number of carbonyl (C=O) groups excluding carboxylic acids is 1. The van der Waals surface area contributed by atoms with Gasteiger partial charge in [-0.1, -0.05) is 171 Å². The van der Waals surface area contributed by atoms with Gasteiger partial charge >= 0.3 is 0 Å². The molecule has 0 aromatic rings. The van der Waals surface area contributed by atoms with Crippen LogP contribution in [-0.2, 0) is 33.2 Å². The van der Waals surface area contributed by atoms with E-state index in [1.54, 1.807) is 6.08 Å². The summed E-state index contributed by atoms with van der Waals surface area (Å²) in [6.07, 6.45) is 22.1. The van der Waals surface area contributed by atoms with Crippen LogP contribution in [0.1, 0.15) is 181 Å². The van der Waals surface area contributed by atoms with Crippen molar-refractivity contribution in [3.8, 4) is 0 Å². The largest absolute Gasteiger partial charge is 0.394 e. The van der Waals surface area contributed by atoms with E-state index in [4.69, 9.17) is 28.4 Å². The molecule has 19 nitrogen and oxygen atoms in total. The summed E-state index contributed by atoms with van der Waals surface area (Å²) in [5, 5.41) is 120. The molecule has 0 aromatic carbocycles. The highest BCUT2D eigenvalue weighted by molar-refractivity contribution is 5.76. The Morgan fingerprint density at radius 2 is 0.886 bits per heavy atom. The third-order valence-corrected chi connectivity index (χ3v) is 14.8. The van der Waals surface area contributed by atoms with Gasteiger partial charge in [-0.2, -0.15) is 0 Å². The molecular weight excluding hydrogens is 1020 g/mol. The molecule has 3 aliphatic rings. The second-order valence-electron chi connectivity index (χ2n) is 21.4. The van der Waals surface area contributed by atoms with Crippen molar-refractivity contribution in [1.29, 1.82) is 0 Å². The van der Waals surface area contributed by atoms with Gasteiger partial charge in [0.15, 0.2) is 18.9 Å². The van der Waals surface area contributed by atoms with Crippen molar-refractivity contribution in [1.82, 2.24) is 5.32 Å². The van der Waals surface area contributed by atoms with Gasteiger partial charge in [0.1, 0.15) is 73.2 Å². The van der Waals surface area contributed by atoms with E-state index in [1.807, 2.05) is 6.08 Å². The van der Waals surface area contributed by atoms with Crippen LogP contribution >= 0.6 is 0 Å². The number of ether oxygens (including phenoxy) is 6. The van der Waals surface area contributed by atoms with E-state index in [9.17, 15) is 61.0 Å². The zero-order chi connectivity index (χ0) is 57.6. The first-order chi connectivity index (χ1) is 38.3. The first-order valence-corrected chi connectivity index (χ1v) is 30.0. The predicted molar refractivity (Wildman–Crippen MR) is 300 cm³/mol. The summed E-state index contributed by atoms with van der Waals surface area (Å²) in [4.78, 5) is 13.3. The van der Waals surface area contributed by atoms with Gasteiger partial charge in [-0.25, -0.2) is 0 Å². The van der Waals surface area contributed by atoms with Crippen LogP contribution in [-0.4, -0.2) is 193 Å². The minimum absolute atomic E-state index is 0.213. The number of carbonyl (C=O) groups is 1. The van der Waals surface area contributed by atoms with Crippen molar-refractivity contribution < 1.29 is 89.4 Å². The molecule has 0 spiro atoms. The highest BCUT2D eigenvalue weighted by atomic mass is 16.8. The van der Waals surface area contributed by atoms with E-state index in [0.717, 1.165) is 70.6 Å². The molecule has 12 N–H and O–H groups in total. The second kappa shape index (κ2) is 43.2. The molecule has 17 unspecified atom stereocenters. The lowest BCUT2D eigenvalue weighted by atomic mass is 9.96. The van der Waals surface area contributed by atoms with E-state index in [0.29, 0.717) is 12.8 Å². The van der Waals surface area contributed by atoms with E-state index in [-0.39, 0.29) is 18.9 Å². The molecular formula is C60H105NO18. The van der Waals surface area contributed by atoms with Gasteiger partial charge in [0.2, 0.25) is 5.91 Å². The average molecular weight is 1130 g/mol. The molecule has 17 atom stereocenters. The number of rotatable bonds is 43. The molecule has 0 radical (unpaired) electrons. The first-order valence-electron chi connectivity index (χ1n) is 30.0. The molecule has 0 aromatic heterocycles. The van der Waals surface area contributed by atoms with Gasteiger partial charge in [0.25, 0.3) is 0 Å². The lowest BCUT2D eigenvalue weighted by molar-refractivity contribution is -0.379. The van der Waals surface area contributed by atoms with Crippen molar-refractivity contribution >= 4 is 5.91 Å². The monoisotopic (exact) mass is 1130 g/mol. The molecule has 3 aliphatic heterocycles. The van der Waals surface area contributed by atoms with Crippen LogP contribution in [0.2, 0.25) is 0 Å². The zero-order valence-electron chi connectivity index (χ0n) is 47.6. The smallest absolute Gasteiger partial charge is 0.220 e. The summed E-state index contributed by atoms with van der Waals surface area (Å²) >= 11 is 0. The molecule has 0 bridgehead atoms. The maximum Gasteiger partial charge on any atom is 0.220 e. The quantitative estimate of drug-likeness (QED) is 0.0274. The number of aliphatic hydroxyl groups excluding tert-OH is 11. The summed E-state index contributed by atoms with van der Waals surface area (Å²) in [6, 6.07) is -1.00. The number of aliphatic hydroxyl groups is 11. The highest BCUT2D eigenvalue weighted by Gasteiger charge is 2.53. The fourth-order valence-corrected chi connectivity index (χ4v) is 9.87. The molecule has 458 valence electrons. The Morgan fingerprint density at radius 3 is 1.42 bits per heavy atom. The van der Waals surface area contributed by atoms with Crippen molar-refractivity contribution in [3.05, 3.63) is 60.8 Å². The Balaban J connectivity index is 1.53. The van der Waals surface area contributed by atoms with Gasteiger partial charge < -0.3 is 89.9 Å². The van der Waals surface area contributed by atoms with Crippen LogP contribution in [0, 0.1) is 0 Å². The van der Waals surface area contributed by atoms with Gasteiger partial charge in [-0.05, 0) is 64.2 Å². The van der Waals surface area contributed by atoms with Crippen molar-refractivity contribution in [3.63, 3.8) is 0 Å². The van der Waals surface area contributed by atoms with Crippen molar-refractivity contribution in [2.75, 3.05) is 26.4 Å². The standard InChI is InChI=1S/C60H105NO18/c1-3-5-7-9-11-13-15-17-19-20-21-22-24-25-27-29-31-33-35-37-44(65)43(61-48(66)38-36-34-32-30-28-26-23-18-16-14-12-10-8-6-4-2)42-74-58-54(72)51(69)56(46(40-63)76-58)79-60-55(73)52(70)57(47(41-64)77-60)78-59-53(71)50(68)49(67)45(39-62)75-59/h6,8,12,14,18,23,27,29,35,37,43-47,49-60,62-65,67-73H,3-5,7,9-11,13,15-17,19-22,24-26,28,30-34,36,38-42H2,1-2H3,(H,61,66)/b8-6-,14-12-,23-18-,29-27+,37-35+. The van der Waals surface area contributed by atoms with Crippen LogP contribution in [0.3, 0.4) is 0 Å². The number of allylic oxidation sites excluding steroid dienone is 9. The Morgan fingerprint density at radius 1 is 0.468 bits per heavy atom. The molecule has 79 heavy (non-hydrogen) atoms. The molecule has 3 rings (SSSR count). The normalized spacial score (nSPS) is 30.7. The van der Waals surface area contributed by atoms with Crippen LogP contribution in [0.5, 0.6) is 0 Å². The Bertz CT molecular complexity index is 1680. The highest BCUT2D eigenvalue weighted by Crippen LogP contribution is 2.33. The number of hydrogen-bond donors (Lipinski definition) is 12. The maximum atomic E-state index is 13.3. The predicted octanol–water partition coefficient (Wildman–Crippen LogP) is 5.26. The number of hydrogen-bond acceptors (Lipinski definition) is 18. The fraction of sp³-hybridized carbons (Fsp3) is 0.817. The third kappa shape index (κ3) is 27.2. The fourth-order valence-electron chi connectivity index (χ4n) is 9.87. The van der Waals surface area contributed by atoms with Crippen LogP contribution in [0.15, 0.2) is 60.8 Å². The Labute approximate surface area is 471 Å². The maximum absolute atomic E-state index is 13.3. The van der Waals surface area contributed by atoms with Crippen molar-refractivity contribution in [2.45, 2.75) is 285 Å². The topological polar surface area (TPSA) is 307 Å². The van der Waals surface area contributed by atoms with E-state index >= 15 is 0 Å². The van der Waals surface area contributed by atoms with Gasteiger partial charge in [-0.3, -0.25) is 4.79 Å². The van der Waals surface area contributed by atoms with E-state index < -0.39 is 124 Å². The lowest BCUT2D eigenvalue weighted by Crippen LogP contribution is -2.66. The molecule has 19 heteroatoms. The molecule has 3 heterocycles. The SMILES string of the molecule is CC/C=C\C/C=C\C/C=C\CCCCCCCC(=O)NC(COC1OC(CO)C(OC2OC(CO)C(OC3OC(CO)C(O)C(O)C3O)C(O)C2O)C(O)C1O)C(O)/C=C/CC/C=C/CCCCCCCCCCCCCCC. The lowest BCUT2D eigenvalue weighted by Gasteiger charge is -2.48. The summed E-state index contributed by atoms with van der Waals surface area (Å²) < 4.78 is 34.2. The third-order valence-electron chi connectivity index (χ3n) is 14.8. The van der Waals surface area contributed by atoms with Gasteiger partial charge in [0, 0.05) is 6.42 Å². The molecule has 1 amide bonds. The molecule has 0 saturated carbocycles. The number of amides is 1. The molecule has 3 saturated heterocycles. The summed E-state index contributed by atoms with van der Waals surface area (Å²) in [5.74, 6) is -0.305. The number of nitrogens with one attached hydrogen (secondary N) is 1. The van der Waals surface area contributed by atoms with Crippen LogP contribution in [0.25, 0.3) is 0 Å². The number of unbranched alkanes of at least 4 members (excludes halogenated alkanes) is 19. The minimum Gasteiger partial charge on any atom is -0.394 e. The van der Waals surface area contributed by atoms with E-state index in [2.05, 4.69) is 67.8 Å². The van der Waals surface area contributed by atoms with Gasteiger partial charge in [-0.15, -0.1) is 0 Å². The summed E-state index contributed by atoms with van der Waals surface area (Å²) in [6.45, 7) is 1.56. The summed E-state index contributed by atoms with van der Waals surface area (Å²) in [5.41, 5.74) is 0. The van der Waals surface area contributed by atoms with Crippen LogP contribution < -0.4 is 5.32 Å². The molecule has 0 aliphatic carbocycles. The summed E-state index contributed by atoms with van der Waals surface area (Å²) in [7, 11) is 0. The van der Waals surface area contributed by atoms with E-state index in [1.165, 1.54) is 77.0 Å². The Kier molecular flexibility index (Phi) is 38.7. The average Bonchev–Trinajstić information content (AvgIpc) is 3.47. The van der Waals surface area contributed by atoms with Gasteiger partial charge in [0.05, 0.1) is 38.6 Å². The minimum atomic E-state index is -1.98. The van der Waals surface area contributed by atoms with Crippen LogP contribution in [0.4, 0.5) is 0 Å². The molecule has 3 fully saturated rings. The zero-order valence-corrected chi connectivity index (χ0v) is 47.6.